The fourth-order valence-electron chi connectivity index (χ4n) is 2.95. The first kappa shape index (κ1) is 24.4. The Morgan fingerprint density at radius 1 is 0.875 bits per heavy atom. The van der Waals surface area contributed by atoms with Crippen LogP contribution < -0.4 is 9.47 Å². The average molecular weight is 496 g/mol. The van der Waals surface area contributed by atoms with Crippen LogP contribution in [0.2, 0.25) is 0 Å². The molecule has 0 heterocycles. The predicted octanol–water partition coefficient (Wildman–Crippen LogP) is 8.33. The normalized spacial score (nSPS) is 11.2. The summed E-state index contributed by atoms with van der Waals surface area (Å²) in [5.74, 6) is 0.831. The topological polar surface area (TPSA) is 27.7 Å². The summed E-state index contributed by atoms with van der Waals surface area (Å²) in [6.45, 7) is 4.91. The van der Waals surface area contributed by atoms with E-state index >= 15 is 0 Å². The lowest BCUT2D eigenvalue weighted by atomic mass is 9.85. The minimum Gasteiger partial charge on any atom is -0.454 e. The van der Waals surface area contributed by atoms with Gasteiger partial charge < -0.3 is 14.2 Å². The van der Waals surface area contributed by atoms with Gasteiger partial charge in [-0.1, -0.05) is 73.4 Å². The molecule has 0 aliphatic carbocycles. The summed E-state index contributed by atoms with van der Waals surface area (Å²) < 4.78 is 30.9. The van der Waals surface area contributed by atoms with Crippen molar-refractivity contribution < 1.29 is 18.6 Å². The highest BCUT2D eigenvalue weighted by atomic mass is 35.5. The van der Waals surface area contributed by atoms with Crippen LogP contribution in [0.15, 0.2) is 82.5 Å². The second kappa shape index (κ2) is 11.1. The van der Waals surface area contributed by atoms with Crippen LogP contribution in [0.3, 0.4) is 0 Å². The monoisotopic (exact) mass is 494 g/mol. The molecule has 0 aliphatic rings. The molecule has 0 fully saturated rings. The predicted molar refractivity (Wildman–Crippen MR) is 127 cm³/mol. The van der Waals surface area contributed by atoms with Crippen LogP contribution in [-0.2, 0) is 16.8 Å². The average Bonchev–Trinajstić information content (AvgIpc) is 2.77. The Kier molecular flexibility index (Phi) is 8.44. The van der Waals surface area contributed by atoms with Gasteiger partial charge in [-0.2, -0.15) is 0 Å². The van der Waals surface area contributed by atoms with E-state index in [4.69, 9.17) is 49.0 Å². The fourth-order valence-corrected chi connectivity index (χ4v) is 3.12. The maximum atomic E-state index is 14.1. The second-order valence-electron chi connectivity index (χ2n) is 7.72. The highest BCUT2D eigenvalue weighted by Gasteiger charge is 2.21. The molecule has 0 unspecified atom stereocenters. The van der Waals surface area contributed by atoms with Gasteiger partial charge in [-0.3, -0.25) is 0 Å². The molecule has 0 aromatic heterocycles. The molecule has 0 radical (unpaired) electrons. The molecule has 0 spiro atoms. The third-order valence-corrected chi connectivity index (χ3v) is 5.49. The summed E-state index contributed by atoms with van der Waals surface area (Å²) >= 11 is 17.0. The lowest BCUT2D eigenvalue weighted by molar-refractivity contribution is 0.0823. The van der Waals surface area contributed by atoms with Crippen LogP contribution >= 0.6 is 34.8 Å². The van der Waals surface area contributed by atoms with E-state index in [9.17, 15) is 4.39 Å². The zero-order valence-electron chi connectivity index (χ0n) is 17.6. The molecule has 0 saturated heterocycles. The highest BCUT2D eigenvalue weighted by Crippen LogP contribution is 2.29. The Hall–Kier alpha value is -2.24. The third-order valence-electron chi connectivity index (χ3n) is 4.69. The van der Waals surface area contributed by atoms with Crippen molar-refractivity contribution in [1.82, 2.24) is 0 Å². The van der Waals surface area contributed by atoms with E-state index in [-0.39, 0.29) is 20.9 Å². The Morgan fingerprint density at radius 2 is 1.56 bits per heavy atom. The SMILES string of the molecule is CC(C)(COCc1ccc(F)c(Oc2ccccc2)c1)c1ccc(OC(Cl)=C(Cl)Cl)cc1. The molecule has 0 atom stereocenters. The molecule has 0 saturated carbocycles. The van der Waals surface area contributed by atoms with E-state index in [1.165, 1.54) is 6.07 Å². The summed E-state index contributed by atoms with van der Waals surface area (Å²) in [4.78, 5) is 0. The molecule has 3 aromatic rings. The van der Waals surface area contributed by atoms with Crippen LogP contribution in [-0.4, -0.2) is 6.61 Å². The van der Waals surface area contributed by atoms with Crippen LogP contribution in [0.25, 0.3) is 0 Å². The van der Waals surface area contributed by atoms with Crippen molar-refractivity contribution in [2.45, 2.75) is 25.9 Å². The van der Waals surface area contributed by atoms with E-state index < -0.39 is 5.82 Å². The number of para-hydroxylation sites is 1. The fraction of sp³-hybridized carbons (Fsp3) is 0.200. The van der Waals surface area contributed by atoms with Crippen molar-refractivity contribution in [3.8, 4) is 17.2 Å². The van der Waals surface area contributed by atoms with Crippen LogP contribution in [0.4, 0.5) is 4.39 Å². The van der Waals surface area contributed by atoms with Gasteiger partial charge in [0.15, 0.2) is 16.1 Å². The molecule has 0 aliphatic heterocycles. The molecule has 168 valence electrons. The molecule has 0 amide bonds. The number of hydrogen-bond donors (Lipinski definition) is 0. The van der Waals surface area contributed by atoms with Gasteiger partial charge in [-0.25, -0.2) is 4.39 Å². The minimum absolute atomic E-state index is 0.0846. The molecule has 0 bridgehead atoms. The van der Waals surface area contributed by atoms with Crippen molar-refractivity contribution in [1.29, 1.82) is 0 Å². The minimum atomic E-state index is -0.425. The van der Waals surface area contributed by atoms with Crippen molar-refractivity contribution in [2.75, 3.05) is 6.61 Å². The highest BCUT2D eigenvalue weighted by molar-refractivity contribution is 6.59. The summed E-state index contributed by atoms with van der Waals surface area (Å²) in [5, 5.41) is -0.0846. The van der Waals surface area contributed by atoms with Crippen LogP contribution in [0.5, 0.6) is 17.2 Å². The zero-order chi connectivity index (χ0) is 23.1. The third kappa shape index (κ3) is 6.88. The number of ether oxygens (including phenoxy) is 3. The van der Waals surface area contributed by atoms with Gasteiger partial charge >= 0.3 is 0 Å². The molecular weight excluding hydrogens is 474 g/mol. The summed E-state index contributed by atoms with van der Waals surface area (Å²) in [6.07, 6.45) is 0. The van der Waals surface area contributed by atoms with Gasteiger partial charge in [0.1, 0.15) is 11.5 Å². The number of halogens is 4. The summed E-state index contributed by atoms with van der Waals surface area (Å²) in [5.41, 5.74) is 1.59. The van der Waals surface area contributed by atoms with E-state index in [1.54, 1.807) is 36.4 Å². The Labute approximate surface area is 202 Å². The molecular formula is C25H22Cl3FO3. The number of hydrogen-bond acceptors (Lipinski definition) is 3. The first-order chi connectivity index (χ1) is 15.2. The van der Waals surface area contributed by atoms with Crippen molar-refractivity contribution >= 4 is 34.8 Å². The Bertz CT molecular complexity index is 1060. The van der Waals surface area contributed by atoms with Gasteiger partial charge in [-0.15, -0.1) is 0 Å². The maximum absolute atomic E-state index is 14.1. The number of rotatable bonds is 9. The molecule has 7 heteroatoms. The summed E-state index contributed by atoms with van der Waals surface area (Å²) in [7, 11) is 0. The first-order valence-corrected chi connectivity index (χ1v) is 11.0. The van der Waals surface area contributed by atoms with Crippen LogP contribution in [0.1, 0.15) is 25.0 Å². The molecule has 3 aromatic carbocycles. The smallest absolute Gasteiger partial charge is 0.224 e. The van der Waals surface area contributed by atoms with Gasteiger partial charge in [0.2, 0.25) is 5.22 Å². The van der Waals surface area contributed by atoms with Crippen molar-refractivity contribution in [2.24, 2.45) is 0 Å². The van der Waals surface area contributed by atoms with Gasteiger partial charge in [0, 0.05) is 5.41 Å². The Morgan fingerprint density at radius 3 is 2.22 bits per heavy atom. The summed E-state index contributed by atoms with van der Waals surface area (Å²) in [6, 6.07) is 21.2. The Balaban J connectivity index is 1.59. The molecule has 0 N–H and O–H groups in total. The van der Waals surface area contributed by atoms with Crippen molar-refractivity contribution in [3.05, 3.63) is 99.5 Å². The molecule has 32 heavy (non-hydrogen) atoms. The lowest BCUT2D eigenvalue weighted by Gasteiger charge is -2.25. The maximum Gasteiger partial charge on any atom is 0.224 e. The quantitative estimate of drug-likeness (QED) is 0.279. The molecule has 3 nitrogen and oxygen atoms in total. The lowest BCUT2D eigenvalue weighted by Crippen LogP contribution is -2.24. The van der Waals surface area contributed by atoms with Gasteiger partial charge in [-0.05, 0) is 59.1 Å². The second-order valence-corrected chi connectivity index (χ2v) is 9.01. The van der Waals surface area contributed by atoms with E-state index in [1.807, 2.05) is 30.3 Å². The van der Waals surface area contributed by atoms with E-state index in [2.05, 4.69) is 13.8 Å². The van der Waals surface area contributed by atoms with Crippen molar-refractivity contribution in [3.63, 3.8) is 0 Å². The zero-order valence-corrected chi connectivity index (χ0v) is 19.8. The van der Waals surface area contributed by atoms with Gasteiger partial charge in [0.05, 0.1) is 13.2 Å². The van der Waals surface area contributed by atoms with E-state index in [0.717, 1.165) is 11.1 Å². The van der Waals surface area contributed by atoms with E-state index in [0.29, 0.717) is 24.7 Å². The largest absolute Gasteiger partial charge is 0.454 e. The molecule has 3 rings (SSSR count). The first-order valence-electron chi connectivity index (χ1n) is 9.83. The standard InChI is InChI=1S/C25H22Cl3FO3/c1-25(2,18-9-11-20(12-10-18)32-24(28)23(26)27)16-30-15-17-8-13-21(29)22(14-17)31-19-6-4-3-5-7-19/h3-14H,15-16H2,1-2H3. The number of benzene rings is 3. The van der Waals surface area contributed by atoms with Gasteiger partial charge in [0.25, 0.3) is 0 Å². The van der Waals surface area contributed by atoms with Crippen LogP contribution in [0, 0.1) is 5.82 Å².